The van der Waals surface area contributed by atoms with Crippen molar-refractivity contribution in [3.63, 3.8) is 0 Å². The van der Waals surface area contributed by atoms with Crippen molar-refractivity contribution in [1.29, 1.82) is 0 Å². The van der Waals surface area contributed by atoms with Gasteiger partial charge in [-0.05, 0) is 17.7 Å². The van der Waals surface area contributed by atoms with Gasteiger partial charge in [0.25, 0.3) is 5.56 Å². The summed E-state index contributed by atoms with van der Waals surface area (Å²) in [5.74, 6) is -0.816. The quantitative estimate of drug-likeness (QED) is 0.843. The summed E-state index contributed by atoms with van der Waals surface area (Å²) in [4.78, 5) is 11.6. The Kier molecular flexibility index (Phi) is 3.45. The first-order chi connectivity index (χ1) is 8.08. The highest BCUT2D eigenvalue weighted by Crippen LogP contribution is 2.11. The fourth-order valence-corrected chi connectivity index (χ4v) is 1.59. The van der Waals surface area contributed by atoms with E-state index in [1.807, 2.05) is 0 Å². The van der Waals surface area contributed by atoms with Crippen LogP contribution in [0.2, 0.25) is 10.0 Å². The zero-order valence-electron chi connectivity index (χ0n) is 8.53. The molecule has 0 fully saturated rings. The van der Waals surface area contributed by atoms with Crippen molar-refractivity contribution in [2.45, 2.75) is 6.54 Å². The molecule has 0 saturated carbocycles. The smallest absolute Gasteiger partial charge is 0.266 e. The van der Waals surface area contributed by atoms with Gasteiger partial charge in [0.15, 0.2) is 5.82 Å². The van der Waals surface area contributed by atoms with E-state index in [9.17, 15) is 9.18 Å². The van der Waals surface area contributed by atoms with Crippen LogP contribution in [0.15, 0.2) is 35.3 Å². The predicted octanol–water partition coefficient (Wildman–Crippen LogP) is 2.74. The van der Waals surface area contributed by atoms with E-state index in [1.165, 1.54) is 0 Å². The van der Waals surface area contributed by atoms with Crippen molar-refractivity contribution >= 4 is 23.2 Å². The van der Waals surface area contributed by atoms with Crippen LogP contribution in [0.5, 0.6) is 0 Å². The van der Waals surface area contributed by atoms with Crippen LogP contribution in [0.1, 0.15) is 5.56 Å². The predicted molar refractivity (Wildman–Crippen MR) is 64.0 cm³/mol. The Hall–Kier alpha value is -1.39. The summed E-state index contributed by atoms with van der Waals surface area (Å²) in [5.41, 5.74) is 0.174. The second-order valence-electron chi connectivity index (χ2n) is 3.40. The Labute approximate surface area is 106 Å². The van der Waals surface area contributed by atoms with Crippen LogP contribution < -0.4 is 5.56 Å². The van der Waals surface area contributed by atoms with Crippen molar-refractivity contribution < 1.29 is 4.39 Å². The highest BCUT2D eigenvalue weighted by molar-refractivity contribution is 6.30. The molecule has 0 aliphatic carbocycles. The van der Waals surface area contributed by atoms with E-state index >= 15 is 0 Å². The highest BCUT2D eigenvalue weighted by atomic mass is 35.5. The number of rotatable bonds is 2. The van der Waals surface area contributed by atoms with Gasteiger partial charge >= 0.3 is 0 Å². The standard InChI is InChI=1S/C11H7Cl2FN2O/c12-8-3-1-7(2-4-8)6-16-11(17)10(13)9(14)5-15-16/h1-5H,6H2. The number of benzene rings is 1. The molecular weight excluding hydrogens is 266 g/mol. The van der Waals surface area contributed by atoms with Gasteiger partial charge < -0.3 is 0 Å². The first kappa shape index (κ1) is 12.1. The summed E-state index contributed by atoms with van der Waals surface area (Å²) in [7, 11) is 0. The second kappa shape index (κ2) is 4.85. The van der Waals surface area contributed by atoms with Gasteiger partial charge in [-0.2, -0.15) is 5.10 Å². The Morgan fingerprint density at radius 2 is 1.88 bits per heavy atom. The van der Waals surface area contributed by atoms with Gasteiger partial charge in [0.1, 0.15) is 5.02 Å². The summed E-state index contributed by atoms with van der Waals surface area (Å²) in [6.07, 6.45) is 0.916. The molecule has 2 aromatic rings. The lowest BCUT2D eigenvalue weighted by Gasteiger charge is -2.05. The lowest BCUT2D eigenvalue weighted by atomic mass is 10.2. The minimum Gasteiger partial charge on any atom is -0.266 e. The maximum Gasteiger partial charge on any atom is 0.288 e. The van der Waals surface area contributed by atoms with Crippen molar-refractivity contribution in [1.82, 2.24) is 9.78 Å². The summed E-state index contributed by atoms with van der Waals surface area (Å²) >= 11 is 11.2. The molecule has 0 atom stereocenters. The normalized spacial score (nSPS) is 10.5. The maximum atomic E-state index is 12.9. The van der Waals surface area contributed by atoms with Gasteiger partial charge in [0.05, 0.1) is 12.7 Å². The lowest BCUT2D eigenvalue weighted by molar-refractivity contribution is 0.568. The van der Waals surface area contributed by atoms with E-state index < -0.39 is 16.4 Å². The zero-order chi connectivity index (χ0) is 12.4. The summed E-state index contributed by atoms with van der Waals surface area (Å²) in [5, 5.41) is 3.82. The van der Waals surface area contributed by atoms with Gasteiger partial charge in [-0.1, -0.05) is 35.3 Å². The van der Waals surface area contributed by atoms with E-state index in [1.54, 1.807) is 24.3 Å². The summed E-state index contributed by atoms with van der Waals surface area (Å²) in [6, 6.07) is 6.92. The van der Waals surface area contributed by atoms with Crippen LogP contribution in [-0.4, -0.2) is 9.78 Å². The molecule has 88 valence electrons. The van der Waals surface area contributed by atoms with E-state index in [2.05, 4.69) is 5.10 Å². The molecule has 6 heteroatoms. The highest BCUT2D eigenvalue weighted by Gasteiger charge is 2.08. The first-order valence-electron chi connectivity index (χ1n) is 4.73. The number of hydrogen-bond donors (Lipinski definition) is 0. The van der Waals surface area contributed by atoms with E-state index in [0.29, 0.717) is 5.02 Å². The average molecular weight is 273 g/mol. The zero-order valence-corrected chi connectivity index (χ0v) is 10.0. The van der Waals surface area contributed by atoms with Gasteiger partial charge in [0.2, 0.25) is 0 Å². The van der Waals surface area contributed by atoms with Crippen LogP contribution in [0, 0.1) is 5.82 Å². The number of aromatic nitrogens is 2. The minimum atomic E-state index is -0.816. The molecule has 0 saturated heterocycles. The van der Waals surface area contributed by atoms with Crippen LogP contribution in [-0.2, 0) is 6.54 Å². The SMILES string of the molecule is O=c1c(Cl)c(F)cnn1Cc1ccc(Cl)cc1. The minimum absolute atomic E-state index is 0.218. The third-order valence-corrected chi connectivity index (χ3v) is 2.78. The van der Waals surface area contributed by atoms with Crippen molar-refractivity contribution in [3.8, 4) is 0 Å². The monoisotopic (exact) mass is 272 g/mol. The molecule has 0 N–H and O–H groups in total. The molecule has 1 heterocycles. The van der Waals surface area contributed by atoms with Crippen molar-refractivity contribution in [2.24, 2.45) is 0 Å². The Morgan fingerprint density at radius 3 is 2.53 bits per heavy atom. The molecule has 0 radical (unpaired) electrons. The van der Waals surface area contributed by atoms with Gasteiger partial charge in [-0.3, -0.25) is 4.79 Å². The Balaban J connectivity index is 2.34. The molecule has 17 heavy (non-hydrogen) atoms. The lowest BCUT2D eigenvalue weighted by Crippen LogP contribution is -2.24. The fraction of sp³-hybridized carbons (Fsp3) is 0.0909. The van der Waals surface area contributed by atoms with Crippen LogP contribution in [0.25, 0.3) is 0 Å². The molecule has 2 rings (SSSR count). The van der Waals surface area contributed by atoms with Gasteiger partial charge in [0, 0.05) is 5.02 Å². The summed E-state index contributed by atoms with van der Waals surface area (Å²) < 4.78 is 14.0. The molecular formula is C11H7Cl2FN2O. The third kappa shape index (κ3) is 2.65. The fourth-order valence-electron chi connectivity index (χ4n) is 1.32. The molecule has 0 unspecified atom stereocenters. The van der Waals surface area contributed by atoms with Crippen LogP contribution in [0.4, 0.5) is 4.39 Å². The topological polar surface area (TPSA) is 34.9 Å². The molecule has 3 nitrogen and oxygen atoms in total. The molecule has 0 bridgehead atoms. The Morgan fingerprint density at radius 1 is 1.24 bits per heavy atom. The van der Waals surface area contributed by atoms with E-state index in [0.717, 1.165) is 16.4 Å². The molecule has 1 aromatic carbocycles. The third-order valence-electron chi connectivity index (χ3n) is 2.19. The summed E-state index contributed by atoms with van der Waals surface area (Å²) in [6.45, 7) is 0.218. The molecule has 0 amide bonds. The molecule has 0 spiro atoms. The number of halogens is 3. The Bertz CT molecular complexity index is 595. The van der Waals surface area contributed by atoms with Crippen LogP contribution in [0.3, 0.4) is 0 Å². The maximum absolute atomic E-state index is 12.9. The number of nitrogens with zero attached hydrogens (tertiary/aromatic N) is 2. The number of hydrogen-bond acceptors (Lipinski definition) is 2. The average Bonchev–Trinajstić information content (AvgIpc) is 2.33. The molecule has 1 aromatic heterocycles. The van der Waals surface area contributed by atoms with Crippen LogP contribution >= 0.6 is 23.2 Å². The van der Waals surface area contributed by atoms with Crippen molar-refractivity contribution in [2.75, 3.05) is 0 Å². The van der Waals surface area contributed by atoms with Gasteiger partial charge in [-0.15, -0.1) is 0 Å². The second-order valence-corrected chi connectivity index (χ2v) is 4.21. The van der Waals surface area contributed by atoms with E-state index in [4.69, 9.17) is 23.2 Å². The molecule has 0 aliphatic heterocycles. The molecule has 0 aliphatic rings. The van der Waals surface area contributed by atoms with E-state index in [-0.39, 0.29) is 6.54 Å². The van der Waals surface area contributed by atoms with Crippen molar-refractivity contribution in [3.05, 3.63) is 62.2 Å². The first-order valence-corrected chi connectivity index (χ1v) is 5.49. The largest absolute Gasteiger partial charge is 0.288 e. The van der Waals surface area contributed by atoms with Gasteiger partial charge in [-0.25, -0.2) is 9.07 Å².